The van der Waals surface area contributed by atoms with Gasteiger partial charge in [-0.05, 0) is 122 Å². The summed E-state index contributed by atoms with van der Waals surface area (Å²) in [5.41, 5.74) is 4.87. The number of fused-ring (bicyclic) bond motifs is 1. The van der Waals surface area contributed by atoms with Crippen LogP contribution in [0.5, 0.6) is 23.0 Å². The quantitative estimate of drug-likeness (QED) is 0.108. The molecule has 0 saturated carbocycles. The molecule has 266 valence electrons. The van der Waals surface area contributed by atoms with E-state index in [0.717, 1.165) is 76.5 Å². The Hall–Kier alpha value is -5.84. The van der Waals surface area contributed by atoms with Crippen LogP contribution in [-0.2, 0) is 22.4 Å². The second-order valence-electron chi connectivity index (χ2n) is 13.2. The van der Waals surface area contributed by atoms with Gasteiger partial charge in [0.25, 0.3) is 5.56 Å². The molecule has 10 nitrogen and oxygen atoms in total. The number of aromatic hydroxyl groups is 1. The predicted octanol–water partition coefficient (Wildman–Crippen LogP) is 7.10. The number of aryl methyl sites for hydroxylation is 2. The fourth-order valence-corrected chi connectivity index (χ4v) is 7.13. The zero-order valence-electron chi connectivity index (χ0n) is 28.6. The van der Waals surface area contributed by atoms with Gasteiger partial charge in [0.1, 0.15) is 23.1 Å². The topological polar surface area (TPSA) is 124 Å². The maximum absolute atomic E-state index is 13.7. The molecule has 7 rings (SSSR count). The zero-order valence-corrected chi connectivity index (χ0v) is 28.6. The minimum absolute atomic E-state index is 0.0805. The first-order valence-corrected chi connectivity index (χ1v) is 17.7. The van der Waals surface area contributed by atoms with Crippen LogP contribution in [0, 0.1) is 5.82 Å². The van der Waals surface area contributed by atoms with Gasteiger partial charge in [-0.3, -0.25) is 19.4 Å². The highest BCUT2D eigenvalue weighted by Gasteiger charge is 2.32. The molecular weight excluding hydrogens is 663 g/mol. The fraction of sp³-hybridized carbons (Fsp3) is 0.293. The van der Waals surface area contributed by atoms with Gasteiger partial charge in [0.15, 0.2) is 5.75 Å². The lowest BCUT2D eigenvalue weighted by Crippen LogP contribution is -2.53. The Morgan fingerprint density at radius 1 is 0.769 bits per heavy atom. The third kappa shape index (κ3) is 7.88. The second kappa shape index (κ2) is 15.6. The highest BCUT2D eigenvalue weighted by atomic mass is 19.1. The van der Waals surface area contributed by atoms with Crippen LogP contribution < -0.4 is 20.0 Å². The molecule has 1 aliphatic heterocycles. The first-order valence-electron chi connectivity index (χ1n) is 17.7. The number of nitrogens with zero attached hydrogens (tertiary/aromatic N) is 4. The van der Waals surface area contributed by atoms with Crippen LogP contribution in [0.15, 0.2) is 102 Å². The molecule has 52 heavy (non-hydrogen) atoms. The van der Waals surface area contributed by atoms with E-state index in [0.29, 0.717) is 18.8 Å². The van der Waals surface area contributed by atoms with E-state index in [1.54, 1.807) is 18.3 Å². The van der Waals surface area contributed by atoms with Crippen molar-refractivity contribution in [3.63, 3.8) is 0 Å². The Kier molecular flexibility index (Phi) is 10.4. The van der Waals surface area contributed by atoms with Gasteiger partial charge < -0.3 is 14.6 Å². The summed E-state index contributed by atoms with van der Waals surface area (Å²) in [6.45, 7) is 0.593. The van der Waals surface area contributed by atoms with Crippen LogP contribution >= 0.6 is 0 Å². The summed E-state index contributed by atoms with van der Waals surface area (Å²) in [7, 11) is 0. The number of benzene rings is 3. The first-order chi connectivity index (χ1) is 25.3. The van der Waals surface area contributed by atoms with Crippen LogP contribution in [0.3, 0.4) is 0 Å². The molecule has 0 spiro atoms. The number of phenolic OH excluding ortho intramolecular Hbond substituents is 1. The molecule has 3 heterocycles. The zero-order chi connectivity index (χ0) is 36.0. The molecule has 1 saturated heterocycles. The third-order valence-electron chi connectivity index (χ3n) is 9.71. The number of rotatable bonds is 12. The Balaban J connectivity index is 0.877. The van der Waals surface area contributed by atoms with Crippen molar-refractivity contribution in [3.8, 4) is 23.0 Å². The van der Waals surface area contributed by atoms with Gasteiger partial charge in [-0.1, -0.05) is 30.3 Å². The van der Waals surface area contributed by atoms with E-state index in [1.165, 1.54) is 30.0 Å². The Morgan fingerprint density at radius 3 is 2.25 bits per heavy atom. The van der Waals surface area contributed by atoms with Crippen LogP contribution in [0.1, 0.15) is 84.7 Å². The van der Waals surface area contributed by atoms with E-state index in [2.05, 4.69) is 22.2 Å². The van der Waals surface area contributed by atoms with Crippen LogP contribution in [0.2, 0.25) is 0 Å². The Bertz CT molecular complexity index is 2080. The molecular formula is C41H39FN4O6. The number of halogens is 1. The molecule has 1 fully saturated rings. The van der Waals surface area contributed by atoms with E-state index < -0.39 is 17.4 Å². The van der Waals surface area contributed by atoms with E-state index in [1.807, 2.05) is 42.5 Å². The number of unbranched alkanes of at least 4 members (excludes halogenated alkanes) is 2. The summed E-state index contributed by atoms with van der Waals surface area (Å²) in [6, 6.07) is 25.5. The lowest BCUT2D eigenvalue weighted by atomic mass is 9.69. The maximum Gasteiger partial charge on any atom is 0.290 e. The van der Waals surface area contributed by atoms with Crippen LogP contribution in [0.25, 0.3) is 0 Å². The smallest absolute Gasteiger partial charge is 0.290 e. The lowest BCUT2D eigenvalue weighted by Gasteiger charge is -2.35. The number of piperidine rings is 1. The average Bonchev–Trinajstić information content (AvgIpc) is 3.14. The highest BCUT2D eigenvalue weighted by molar-refractivity contribution is 6.09. The molecule has 0 unspecified atom stereocenters. The first kappa shape index (κ1) is 34.6. The Morgan fingerprint density at radius 2 is 1.52 bits per heavy atom. The van der Waals surface area contributed by atoms with Crippen molar-refractivity contribution in [2.45, 2.75) is 69.6 Å². The minimum atomic E-state index is -0.642. The van der Waals surface area contributed by atoms with E-state index in [9.17, 15) is 23.9 Å². The molecule has 1 aliphatic carbocycles. The van der Waals surface area contributed by atoms with Crippen molar-refractivity contribution < 1.29 is 28.6 Å². The van der Waals surface area contributed by atoms with Gasteiger partial charge in [-0.2, -0.15) is 10.1 Å². The summed E-state index contributed by atoms with van der Waals surface area (Å²) in [4.78, 5) is 42.1. The number of phenols is 1. The molecule has 0 bridgehead atoms. The summed E-state index contributed by atoms with van der Waals surface area (Å²) < 4.78 is 25.5. The van der Waals surface area contributed by atoms with Crippen molar-refractivity contribution in [1.82, 2.24) is 14.9 Å². The molecule has 2 atom stereocenters. The normalized spacial score (nSPS) is 17.1. The SMILES string of the molecule is O=C1CCCC(=O)N1n1ncc(Oc2ccc(CCCCCOc3ccc([C@@H]4c5ccc(O)cc5CC[C@@H]4c4ccc(F)cc4)cc3)nc2)cc1=O. The number of amides is 2. The van der Waals surface area contributed by atoms with E-state index >= 15 is 0 Å². The van der Waals surface area contributed by atoms with E-state index in [-0.39, 0.29) is 42.0 Å². The summed E-state index contributed by atoms with van der Waals surface area (Å²) >= 11 is 0. The van der Waals surface area contributed by atoms with Crippen molar-refractivity contribution >= 4 is 11.8 Å². The molecule has 11 heteroatoms. The summed E-state index contributed by atoms with van der Waals surface area (Å²) in [5.74, 6) is 0.806. The molecule has 5 aromatic rings. The predicted molar refractivity (Wildman–Crippen MR) is 192 cm³/mol. The standard InChI is InChI=1S/C41H39FN4O6/c42-30-13-8-27(9-14-30)36-20-12-29-23-32(47)16-21-37(29)41(36)28-10-17-33(18-11-28)51-22-3-1-2-5-31-15-19-34(25-43-31)52-35-24-40(50)46(44-26-35)45-38(48)6-4-7-39(45)49/h8-11,13-19,21,23-26,36,41,47H,1-7,12,20,22H2/t36-,41+/m1/s1. The fourth-order valence-electron chi connectivity index (χ4n) is 7.13. The number of hydrogen-bond donors (Lipinski definition) is 1. The molecule has 2 aliphatic rings. The molecule has 1 N–H and O–H groups in total. The number of imide groups is 1. The van der Waals surface area contributed by atoms with Gasteiger partial charge in [-0.25, -0.2) is 4.39 Å². The van der Waals surface area contributed by atoms with Crippen LogP contribution in [-0.4, -0.2) is 38.4 Å². The monoisotopic (exact) mass is 702 g/mol. The third-order valence-corrected chi connectivity index (χ3v) is 9.71. The number of aromatic nitrogens is 3. The summed E-state index contributed by atoms with van der Waals surface area (Å²) in [5, 5.41) is 14.9. The molecule has 3 aromatic carbocycles. The highest BCUT2D eigenvalue weighted by Crippen LogP contribution is 2.47. The average molecular weight is 703 g/mol. The number of hydrogen-bond acceptors (Lipinski definition) is 8. The van der Waals surface area contributed by atoms with Crippen molar-refractivity contribution in [1.29, 1.82) is 0 Å². The number of carbonyl (C=O) groups is 2. The summed E-state index contributed by atoms with van der Waals surface area (Å²) in [6.07, 6.45) is 9.06. The van der Waals surface area contributed by atoms with Gasteiger partial charge in [0, 0.05) is 24.5 Å². The largest absolute Gasteiger partial charge is 0.508 e. The second-order valence-corrected chi connectivity index (χ2v) is 13.2. The number of ether oxygens (including phenoxy) is 2. The number of carbonyl (C=O) groups excluding carboxylic acids is 2. The molecule has 2 amide bonds. The Labute approximate surface area is 300 Å². The van der Waals surface area contributed by atoms with Crippen molar-refractivity contribution in [2.75, 3.05) is 11.6 Å². The molecule has 2 aromatic heterocycles. The van der Waals surface area contributed by atoms with Gasteiger partial charge >= 0.3 is 0 Å². The maximum atomic E-state index is 13.7. The van der Waals surface area contributed by atoms with Gasteiger partial charge in [-0.15, -0.1) is 4.79 Å². The van der Waals surface area contributed by atoms with Crippen molar-refractivity contribution in [2.24, 2.45) is 0 Å². The van der Waals surface area contributed by atoms with E-state index in [4.69, 9.17) is 9.47 Å². The lowest BCUT2D eigenvalue weighted by molar-refractivity contribution is -0.132. The molecule has 0 radical (unpaired) electrons. The minimum Gasteiger partial charge on any atom is -0.508 e. The van der Waals surface area contributed by atoms with Gasteiger partial charge in [0.2, 0.25) is 11.8 Å². The van der Waals surface area contributed by atoms with Crippen molar-refractivity contribution in [3.05, 3.63) is 141 Å². The van der Waals surface area contributed by atoms with Crippen LogP contribution in [0.4, 0.5) is 4.39 Å². The number of pyridine rings is 1. The van der Waals surface area contributed by atoms with Gasteiger partial charge in [0.05, 0.1) is 25.1 Å².